The number of hydrogen-bond donors (Lipinski definition) is 8. The van der Waals surface area contributed by atoms with E-state index in [-0.39, 0.29) is 91.8 Å². The zero-order valence-electron chi connectivity index (χ0n) is 54.7. The van der Waals surface area contributed by atoms with E-state index in [9.17, 15) is 47.8 Å². The van der Waals surface area contributed by atoms with Crippen molar-refractivity contribution in [2.45, 2.75) is 134 Å². The number of thiol groups is 2. The maximum Gasteiger partial charge on any atom is 0.410 e. The van der Waals surface area contributed by atoms with Crippen molar-refractivity contribution in [2.75, 3.05) is 35.8 Å². The predicted octanol–water partition coefficient (Wildman–Crippen LogP) is 8.42. The summed E-state index contributed by atoms with van der Waals surface area (Å²) in [5, 5.41) is 22.5. The van der Waals surface area contributed by atoms with Crippen LogP contribution in [0, 0.1) is 23.7 Å². The van der Waals surface area contributed by atoms with Gasteiger partial charge in [-0.3, -0.25) is 57.2 Å². The second-order valence-corrected chi connectivity index (χ2v) is 30.5. The molecule has 11 rings (SSSR count). The summed E-state index contributed by atoms with van der Waals surface area (Å²) in [4.78, 5) is 117. The minimum atomic E-state index is -4.31. The van der Waals surface area contributed by atoms with Crippen LogP contribution >= 0.6 is 38.1 Å². The highest BCUT2D eigenvalue weighted by atomic mass is 32.7. The van der Waals surface area contributed by atoms with E-state index in [0.29, 0.717) is 48.5 Å². The van der Waals surface area contributed by atoms with Crippen molar-refractivity contribution in [1.82, 2.24) is 45.0 Å². The number of aromatic amines is 1. The Bertz CT molecular complexity index is 4410. The van der Waals surface area contributed by atoms with Gasteiger partial charge in [0.05, 0.1) is 37.9 Å². The van der Waals surface area contributed by atoms with Crippen LogP contribution in [0.15, 0.2) is 127 Å². The number of carbonyl (C=O) groups excluding carboxylic acids is 6. The molecule has 11 atom stereocenters. The summed E-state index contributed by atoms with van der Waals surface area (Å²) >= 11 is 8.48. The van der Waals surface area contributed by atoms with Crippen LogP contribution in [0.2, 0.25) is 0 Å². The highest BCUT2D eigenvalue weighted by Gasteiger charge is 2.51. The van der Waals surface area contributed by atoms with Crippen LogP contribution in [0.3, 0.4) is 0 Å². The first kappa shape index (κ1) is 72.5. The molecular formula is C67H74N12O17P2S2. The van der Waals surface area contributed by atoms with E-state index < -0.39 is 98.4 Å². The Morgan fingerprint density at radius 2 is 1.56 bits per heavy atom. The lowest BCUT2D eigenvalue weighted by atomic mass is 10.0. The summed E-state index contributed by atoms with van der Waals surface area (Å²) in [5.41, 5.74) is 3.51. The molecule has 0 radical (unpaired) electrons. The number of aliphatic hydroxyl groups is 1. The Hall–Kier alpha value is -8.79. The molecule has 1 saturated carbocycles. The number of aliphatic hydroxyl groups excluding tert-OH is 1. The number of nitrogens with zero attached hydrogens (tertiary/aromatic N) is 7. The molecule has 29 nitrogen and oxygen atoms in total. The number of fused-ring (bicyclic) bond motifs is 6. The van der Waals surface area contributed by atoms with E-state index in [4.69, 9.17) is 32.3 Å². The molecule has 526 valence electrons. The molecule has 3 aliphatic heterocycles. The summed E-state index contributed by atoms with van der Waals surface area (Å²) in [7, 11) is 1.47. The number of H-pyrrole nitrogens is 1. The van der Waals surface area contributed by atoms with E-state index in [0.717, 1.165) is 28.7 Å². The number of unbranched alkanes of at least 4 members (excludes halogenated alkanes) is 1. The number of hydrogen-bond acceptors (Lipinski definition) is 21. The average Bonchev–Trinajstić information content (AvgIpc) is 1.60. The maximum atomic E-state index is 14.1. The number of anilines is 3. The topological polar surface area (TPSA) is 365 Å². The van der Waals surface area contributed by atoms with Gasteiger partial charge in [-0.25, -0.2) is 28.9 Å². The fraction of sp³-hybridized carbons (Fsp3) is 0.388. The van der Waals surface area contributed by atoms with E-state index in [1.165, 1.54) is 42.0 Å². The average molecular weight is 1450 g/mol. The summed E-state index contributed by atoms with van der Waals surface area (Å²) in [6.07, 6.45) is -1.84. The molecule has 0 unspecified atom stereocenters. The van der Waals surface area contributed by atoms with Gasteiger partial charge in [0.1, 0.15) is 49.4 Å². The number of imidazole rings is 1. The summed E-state index contributed by atoms with van der Waals surface area (Å²) < 4.78 is 70.0. The Morgan fingerprint density at radius 3 is 2.34 bits per heavy atom. The van der Waals surface area contributed by atoms with Crippen molar-refractivity contribution in [3.05, 3.63) is 166 Å². The van der Waals surface area contributed by atoms with Crippen molar-refractivity contribution < 1.29 is 75.3 Å². The van der Waals surface area contributed by atoms with Crippen LogP contribution in [0.5, 0.6) is 5.88 Å². The molecule has 6 heterocycles. The Labute approximate surface area is 584 Å². The SMILES string of the molecule is CC(C)[C@H](NC(=O)CCCCC(=O)N1Cc2ccccc2C#Cc2ccccc21)C(=O)N[C@@H](C)C(=O)Nc1ccc(COC(=O)N(C)Cc2ccccc2C(=O)Nc2nc3c(ncn3[C@@H]3O[C@@H]4CO[P@@](=O)(S)O[C@H]5C[C@H](Oc6ccncn6)C[C@@H]5CCO[P@@](=O)(S)O[C@@H]3[C@@H]4O)c(=O)[nH]2)cc1. The van der Waals surface area contributed by atoms with E-state index in [2.05, 4.69) is 82.5 Å². The molecule has 0 spiro atoms. The minimum absolute atomic E-state index is 0.0813. The van der Waals surface area contributed by atoms with Crippen LogP contribution in [-0.4, -0.2) is 138 Å². The fourth-order valence-electron chi connectivity index (χ4n) is 11.9. The van der Waals surface area contributed by atoms with Crippen LogP contribution < -0.4 is 36.5 Å². The van der Waals surface area contributed by atoms with Gasteiger partial charge in [-0.2, -0.15) is 4.98 Å². The highest BCUT2D eigenvalue weighted by molar-refractivity contribution is 8.44. The lowest BCUT2D eigenvalue weighted by molar-refractivity contribution is -0.131. The maximum absolute atomic E-state index is 14.1. The van der Waals surface area contributed by atoms with Gasteiger partial charge in [-0.15, -0.1) is 0 Å². The van der Waals surface area contributed by atoms with Gasteiger partial charge in [0.25, 0.3) is 11.5 Å². The number of rotatable bonds is 20. The van der Waals surface area contributed by atoms with Gasteiger partial charge in [-0.1, -0.05) is 111 Å². The lowest BCUT2D eigenvalue weighted by Gasteiger charge is -2.26. The monoisotopic (exact) mass is 1440 g/mol. The molecule has 2 bridgehead atoms. The van der Waals surface area contributed by atoms with Gasteiger partial charge in [0.2, 0.25) is 35.5 Å². The van der Waals surface area contributed by atoms with Gasteiger partial charge < -0.3 is 49.6 Å². The second kappa shape index (κ2) is 32.2. The molecule has 1 aliphatic carbocycles. The zero-order chi connectivity index (χ0) is 70.8. The number of amides is 6. The van der Waals surface area contributed by atoms with Crippen LogP contribution in [-0.2, 0) is 75.6 Å². The Kier molecular flexibility index (Phi) is 23.4. The second-order valence-electron chi connectivity index (χ2n) is 24.7. The fourth-order valence-corrected chi connectivity index (χ4v) is 15.0. The molecule has 6 amide bonds. The first-order valence-corrected chi connectivity index (χ1v) is 37.6. The van der Waals surface area contributed by atoms with Crippen LogP contribution in [0.25, 0.3) is 11.2 Å². The molecule has 4 aromatic carbocycles. The molecule has 100 heavy (non-hydrogen) atoms. The summed E-state index contributed by atoms with van der Waals surface area (Å²) in [5.74, 6) is 3.46. The van der Waals surface area contributed by atoms with Crippen molar-refractivity contribution in [1.29, 1.82) is 0 Å². The van der Waals surface area contributed by atoms with Gasteiger partial charge in [0, 0.05) is 67.5 Å². The van der Waals surface area contributed by atoms with Gasteiger partial charge in [-0.05, 0) is 97.5 Å². The molecule has 2 saturated heterocycles. The minimum Gasteiger partial charge on any atom is -0.474 e. The van der Waals surface area contributed by atoms with E-state index in [1.54, 1.807) is 67.3 Å². The first-order valence-electron chi connectivity index (χ1n) is 32.2. The lowest BCUT2D eigenvalue weighted by Crippen LogP contribution is -2.53. The molecule has 6 N–H and O–H groups in total. The van der Waals surface area contributed by atoms with Crippen LogP contribution in [0.4, 0.5) is 22.1 Å². The number of carbonyl (C=O) groups is 6. The van der Waals surface area contributed by atoms with Crippen molar-refractivity contribution >= 4 is 102 Å². The Balaban J connectivity index is 0.641. The quantitative estimate of drug-likeness (QED) is 0.0153. The zero-order valence-corrected chi connectivity index (χ0v) is 58.3. The molecule has 3 aromatic heterocycles. The van der Waals surface area contributed by atoms with Gasteiger partial charge in [0.15, 0.2) is 17.4 Å². The third-order valence-corrected chi connectivity index (χ3v) is 20.4. The molecule has 7 aromatic rings. The van der Waals surface area contributed by atoms with Crippen LogP contribution in [0.1, 0.15) is 110 Å². The molecular weight excluding hydrogens is 1370 g/mol. The third kappa shape index (κ3) is 18.2. The van der Waals surface area contributed by atoms with Crippen molar-refractivity contribution in [3.8, 4) is 17.7 Å². The van der Waals surface area contributed by atoms with Gasteiger partial charge >= 0.3 is 19.7 Å². The van der Waals surface area contributed by atoms with E-state index in [1.807, 2.05) is 48.5 Å². The molecule has 33 heteroatoms. The number of benzene rings is 4. The molecule has 4 aliphatic rings. The summed E-state index contributed by atoms with van der Waals surface area (Å²) in [6.45, 7) is -4.07. The highest BCUT2D eigenvalue weighted by Crippen LogP contribution is 2.60. The summed E-state index contributed by atoms with van der Waals surface area (Å²) in [6, 6.07) is 27.7. The number of aromatic nitrogens is 6. The molecule has 3 fully saturated rings. The predicted molar refractivity (Wildman–Crippen MR) is 371 cm³/mol. The number of ether oxygens (including phenoxy) is 3. The normalized spacial score (nSPS) is 23.3. The first-order chi connectivity index (χ1) is 47.9. The smallest absolute Gasteiger partial charge is 0.410 e. The standard InChI is InChI=1S/C67H74N12O17P2S2/c1-39(2)56(73-53(80)19-11-12-20-55(81)78-34-45-15-6-5-13-42(45)23-24-43-14-8-10-18-50(43)78)63(85)71-40(3)61(83)72-47-25-21-41(22-26-47)35-90-67(87)77(4)33-46-16-7-9-17-49(46)62(84)75-66-74-60-57(64(86)76-66)70-38-79(60)65-59-58(82)52(94-65)36-92-98(89,100)95-51-32-48(93-54-27-29-68-37-69-54)31-44(51)28-30-91-97(88,99)96-59/h5-10,13-18,21-22,25-27,29,37-40,44,48,51-52,56,58-59,65,82H,11-12,19-20,28,30-36H2,1-4H3,(H,71,85)(H,72,83)(H,73,80)(H,88,99)(H,89,100)(H2,74,75,76,84,86)/t40-,44-,48+,51-,52+,56-,58+,59+,65+,97+,98+/m0/s1. The Morgan fingerprint density at radius 1 is 0.830 bits per heavy atom. The van der Waals surface area contributed by atoms with Crippen molar-refractivity contribution in [3.63, 3.8) is 0 Å². The largest absolute Gasteiger partial charge is 0.474 e. The third-order valence-electron chi connectivity index (χ3n) is 17.1. The number of nitrogens with one attached hydrogen (secondary N) is 5. The van der Waals surface area contributed by atoms with Crippen molar-refractivity contribution in [2.24, 2.45) is 11.8 Å². The number of para-hydroxylation sites is 1. The van der Waals surface area contributed by atoms with E-state index >= 15 is 0 Å².